The maximum atomic E-state index is 14.0. The average molecular weight is 440 g/mol. The van der Waals surface area contributed by atoms with Crippen LogP contribution in [0.3, 0.4) is 0 Å². The van der Waals surface area contributed by atoms with Crippen LogP contribution in [0.2, 0.25) is 0 Å². The number of hydrogen-bond acceptors (Lipinski definition) is 4. The van der Waals surface area contributed by atoms with Crippen molar-refractivity contribution in [3.05, 3.63) is 62.6 Å². The van der Waals surface area contributed by atoms with E-state index in [-0.39, 0.29) is 39.2 Å². The zero-order valence-electron chi connectivity index (χ0n) is 15.7. The number of rotatable bonds is 3. The maximum absolute atomic E-state index is 14.0. The minimum absolute atomic E-state index is 0.0914. The number of aromatic amines is 1. The first-order chi connectivity index (χ1) is 14.2. The zero-order chi connectivity index (χ0) is 21.6. The lowest BCUT2D eigenvalue weighted by molar-refractivity contribution is -0.137. The van der Waals surface area contributed by atoms with Gasteiger partial charge in [-0.2, -0.15) is 13.2 Å². The predicted molar refractivity (Wildman–Crippen MR) is 105 cm³/mol. The van der Waals surface area contributed by atoms with Crippen molar-refractivity contribution in [3.63, 3.8) is 0 Å². The van der Waals surface area contributed by atoms with E-state index >= 15 is 0 Å². The quantitative estimate of drug-likeness (QED) is 0.625. The summed E-state index contributed by atoms with van der Waals surface area (Å²) in [7, 11) is 0. The number of thioether (sulfide) groups is 1. The van der Waals surface area contributed by atoms with Crippen LogP contribution in [-0.2, 0) is 17.5 Å². The van der Waals surface area contributed by atoms with Gasteiger partial charge in [0.15, 0.2) is 0 Å². The normalized spacial score (nSPS) is 16.6. The highest BCUT2D eigenvalue weighted by atomic mass is 32.2. The van der Waals surface area contributed by atoms with E-state index in [9.17, 15) is 27.2 Å². The summed E-state index contributed by atoms with van der Waals surface area (Å²) in [5.41, 5.74) is -2.54. The van der Waals surface area contributed by atoms with Gasteiger partial charge in [0, 0.05) is 22.8 Å². The zero-order valence-corrected chi connectivity index (χ0v) is 16.5. The molecule has 0 saturated heterocycles. The van der Waals surface area contributed by atoms with E-state index in [1.165, 1.54) is 16.7 Å². The largest absolute Gasteiger partial charge is 0.417 e. The van der Waals surface area contributed by atoms with Crippen LogP contribution in [0, 0.1) is 5.82 Å². The summed E-state index contributed by atoms with van der Waals surface area (Å²) in [5.74, 6) is -0.301. The smallest absolute Gasteiger partial charge is 0.376 e. The third-order valence-electron chi connectivity index (χ3n) is 4.88. The third kappa shape index (κ3) is 3.54. The number of nitrogens with one attached hydrogen (secondary N) is 1. The topological polar surface area (TPSA) is 64.1 Å². The second kappa shape index (κ2) is 7.59. The molecule has 1 aliphatic heterocycles. The fourth-order valence-corrected chi connectivity index (χ4v) is 4.92. The standard InChI is InChI=1S/C20H16F4N2O3S/c1-2-29-12-8-26-16-13(18(27)25-19(26)28)7-14(20(22,23)24)15(17(16)30-9-12)10-3-5-11(21)6-4-10/h3-7,12H,2,8-9H2,1H3,(H,25,27,28)/t12-/m0/s1. The summed E-state index contributed by atoms with van der Waals surface area (Å²) in [4.78, 5) is 27.2. The molecule has 0 aliphatic carbocycles. The molecule has 158 valence electrons. The second-order valence-corrected chi connectivity index (χ2v) is 7.82. The SMILES string of the molecule is CCO[C@@H]1CSc2c(-c3ccc(F)cc3)c(C(F)(F)F)cc3c(=O)[nH]c(=O)n(c23)C1. The molecule has 0 unspecified atom stereocenters. The molecule has 1 atom stereocenters. The number of nitrogens with zero attached hydrogens (tertiary/aromatic N) is 1. The Morgan fingerprint density at radius 2 is 1.93 bits per heavy atom. The van der Waals surface area contributed by atoms with Gasteiger partial charge in [-0.25, -0.2) is 9.18 Å². The van der Waals surface area contributed by atoms with Crippen LogP contribution in [0.15, 0.2) is 44.8 Å². The third-order valence-corrected chi connectivity index (χ3v) is 6.10. The molecule has 2 heterocycles. The number of halogens is 4. The van der Waals surface area contributed by atoms with Crippen LogP contribution in [0.5, 0.6) is 0 Å². The molecule has 1 N–H and O–H groups in total. The van der Waals surface area contributed by atoms with E-state index in [0.29, 0.717) is 6.61 Å². The lowest BCUT2D eigenvalue weighted by Crippen LogP contribution is -2.34. The van der Waals surface area contributed by atoms with Crippen LogP contribution >= 0.6 is 11.8 Å². The van der Waals surface area contributed by atoms with Gasteiger partial charge >= 0.3 is 11.9 Å². The molecule has 0 radical (unpaired) electrons. The van der Waals surface area contributed by atoms with Crippen molar-refractivity contribution in [2.45, 2.75) is 30.6 Å². The van der Waals surface area contributed by atoms with Crippen LogP contribution < -0.4 is 11.2 Å². The highest BCUT2D eigenvalue weighted by Crippen LogP contribution is 2.46. The molecule has 3 aromatic rings. The van der Waals surface area contributed by atoms with Gasteiger partial charge in [-0.1, -0.05) is 12.1 Å². The van der Waals surface area contributed by atoms with E-state index in [4.69, 9.17) is 4.74 Å². The van der Waals surface area contributed by atoms with Crippen molar-refractivity contribution in [1.82, 2.24) is 9.55 Å². The molecule has 0 bridgehead atoms. The van der Waals surface area contributed by atoms with E-state index < -0.39 is 34.9 Å². The second-order valence-electron chi connectivity index (χ2n) is 6.79. The van der Waals surface area contributed by atoms with Gasteiger partial charge < -0.3 is 4.74 Å². The van der Waals surface area contributed by atoms with Crippen molar-refractivity contribution in [2.75, 3.05) is 12.4 Å². The van der Waals surface area contributed by atoms with Gasteiger partial charge in [-0.3, -0.25) is 14.3 Å². The molecule has 1 aliphatic rings. The molecule has 5 nitrogen and oxygen atoms in total. The molecule has 10 heteroatoms. The molecule has 30 heavy (non-hydrogen) atoms. The van der Waals surface area contributed by atoms with E-state index in [1.807, 2.05) is 0 Å². The summed E-state index contributed by atoms with van der Waals surface area (Å²) < 4.78 is 62.3. The van der Waals surface area contributed by atoms with E-state index in [1.54, 1.807) is 6.92 Å². The first kappa shape index (κ1) is 20.7. The molecule has 0 saturated carbocycles. The Kier molecular flexibility index (Phi) is 5.23. The predicted octanol–water partition coefficient (Wildman–Crippen LogP) is 4.03. The summed E-state index contributed by atoms with van der Waals surface area (Å²) in [6.07, 6.45) is -5.21. The molecular weight excluding hydrogens is 424 g/mol. The summed E-state index contributed by atoms with van der Waals surface area (Å²) >= 11 is 1.09. The van der Waals surface area contributed by atoms with E-state index in [0.717, 1.165) is 30.0 Å². The minimum Gasteiger partial charge on any atom is -0.376 e. The molecule has 0 spiro atoms. The molecule has 0 fully saturated rings. The lowest BCUT2D eigenvalue weighted by Gasteiger charge is -2.19. The van der Waals surface area contributed by atoms with Crippen molar-refractivity contribution < 1.29 is 22.3 Å². The Morgan fingerprint density at radius 1 is 1.23 bits per heavy atom. The monoisotopic (exact) mass is 440 g/mol. The summed E-state index contributed by atoms with van der Waals surface area (Å²) in [5, 5.41) is -0.229. The summed E-state index contributed by atoms with van der Waals surface area (Å²) in [6.45, 7) is 2.23. The van der Waals surface area contributed by atoms with Gasteiger partial charge in [-0.05, 0) is 30.7 Å². The van der Waals surface area contributed by atoms with Crippen LogP contribution in [0.1, 0.15) is 12.5 Å². The summed E-state index contributed by atoms with van der Waals surface area (Å²) in [6, 6.07) is 5.41. The lowest BCUT2D eigenvalue weighted by atomic mass is 9.96. The van der Waals surface area contributed by atoms with Gasteiger partial charge in [0.2, 0.25) is 0 Å². The molecule has 0 amide bonds. The molecule has 2 aromatic carbocycles. The molecule has 1 aromatic heterocycles. The Morgan fingerprint density at radius 3 is 2.57 bits per heavy atom. The number of H-pyrrole nitrogens is 1. The highest BCUT2D eigenvalue weighted by Gasteiger charge is 2.37. The molecular formula is C20H16F4N2O3S. The van der Waals surface area contributed by atoms with Gasteiger partial charge in [0.05, 0.1) is 29.1 Å². The maximum Gasteiger partial charge on any atom is 0.417 e. The van der Waals surface area contributed by atoms with Crippen molar-refractivity contribution in [1.29, 1.82) is 0 Å². The highest BCUT2D eigenvalue weighted by molar-refractivity contribution is 7.99. The van der Waals surface area contributed by atoms with Crippen molar-refractivity contribution >= 4 is 22.7 Å². The Labute approximate surface area is 171 Å². The van der Waals surface area contributed by atoms with Crippen molar-refractivity contribution in [3.8, 4) is 11.1 Å². The van der Waals surface area contributed by atoms with Gasteiger partial charge in [0.25, 0.3) is 5.56 Å². The van der Waals surface area contributed by atoms with Crippen molar-refractivity contribution in [2.24, 2.45) is 0 Å². The first-order valence-corrected chi connectivity index (χ1v) is 10.1. The fraction of sp³-hybridized carbons (Fsp3) is 0.300. The van der Waals surface area contributed by atoms with E-state index in [2.05, 4.69) is 4.98 Å². The Balaban J connectivity index is 2.15. The minimum atomic E-state index is -4.77. The van der Waals surface area contributed by atoms with Gasteiger partial charge in [0.1, 0.15) is 5.82 Å². The van der Waals surface area contributed by atoms with Crippen LogP contribution in [-0.4, -0.2) is 28.0 Å². The Hall–Kier alpha value is -2.59. The number of ether oxygens (including phenoxy) is 1. The van der Waals surface area contributed by atoms with Crippen LogP contribution in [0.25, 0.3) is 22.0 Å². The van der Waals surface area contributed by atoms with Gasteiger partial charge in [-0.15, -0.1) is 11.8 Å². The number of hydrogen-bond donors (Lipinski definition) is 1. The molecule has 4 rings (SSSR count). The number of alkyl halides is 3. The fourth-order valence-electron chi connectivity index (χ4n) is 3.63. The number of benzene rings is 2. The number of aromatic nitrogens is 2. The first-order valence-electron chi connectivity index (χ1n) is 9.12. The Bertz CT molecular complexity index is 1230. The van der Waals surface area contributed by atoms with Crippen LogP contribution in [0.4, 0.5) is 17.6 Å². The average Bonchev–Trinajstić information content (AvgIpc) is 2.87.